The Morgan fingerprint density at radius 1 is 1.16 bits per heavy atom. The Hall–Kier alpha value is -3.04. The quantitative estimate of drug-likeness (QED) is 0.477. The third-order valence-electron chi connectivity index (χ3n) is 5.64. The van der Waals surface area contributed by atoms with E-state index < -0.39 is 0 Å². The maximum Gasteiger partial charge on any atom is 0.277 e. The standard InChI is InChI=1S/C23H21FN4O2S2/c24-16-5-7-17(8-6-16)28-22(30)20-19(9-12-32-20)26-23(28)27-10-1-3-15(14-27)21(29)25-13-18-4-2-11-31-18/h2,4-9,11-12,15H,1,3,10,13-14H2,(H,25,29). The Balaban J connectivity index is 1.46. The topological polar surface area (TPSA) is 67.2 Å². The van der Waals surface area contributed by atoms with E-state index in [1.54, 1.807) is 23.5 Å². The molecule has 4 aromatic rings. The second kappa shape index (κ2) is 8.84. The second-order valence-corrected chi connectivity index (χ2v) is 9.69. The number of piperidine rings is 1. The number of nitrogens with zero attached hydrogens (tertiary/aromatic N) is 3. The van der Waals surface area contributed by atoms with Gasteiger partial charge in [0.25, 0.3) is 5.56 Å². The van der Waals surface area contributed by atoms with Crippen LogP contribution in [-0.2, 0) is 11.3 Å². The molecular formula is C23H21FN4O2S2. The van der Waals surface area contributed by atoms with Crippen LogP contribution in [0.1, 0.15) is 17.7 Å². The minimum absolute atomic E-state index is 0.00962. The molecule has 1 fully saturated rings. The van der Waals surface area contributed by atoms with Crippen molar-refractivity contribution >= 4 is 44.7 Å². The van der Waals surface area contributed by atoms with Crippen LogP contribution in [0.2, 0.25) is 0 Å². The average Bonchev–Trinajstić information content (AvgIpc) is 3.50. The molecule has 9 heteroatoms. The predicted molar refractivity (Wildman–Crippen MR) is 126 cm³/mol. The molecule has 0 saturated carbocycles. The van der Waals surface area contributed by atoms with Crippen molar-refractivity contribution in [3.05, 3.63) is 74.3 Å². The number of rotatable bonds is 5. The lowest BCUT2D eigenvalue weighted by atomic mass is 9.97. The molecule has 1 N–H and O–H groups in total. The Morgan fingerprint density at radius 3 is 2.78 bits per heavy atom. The van der Waals surface area contributed by atoms with Gasteiger partial charge < -0.3 is 10.2 Å². The molecule has 1 unspecified atom stereocenters. The maximum absolute atomic E-state index is 13.5. The van der Waals surface area contributed by atoms with E-state index >= 15 is 0 Å². The first-order valence-electron chi connectivity index (χ1n) is 10.4. The van der Waals surface area contributed by atoms with Gasteiger partial charge >= 0.3 is 0 Å². The molecule has 164 valence electrons. The first-order chi connectivity index (χ1) is 15.6. The molecule has 1 atom stereocenters. The molecule has 1 aliphatic heterocycles. The molecule has 6 nitrogen and oxygen atoms in total. The van der Waals surface area contributed by atoms with Crippen LogP contribution in [0, 0.1) is 11.7 Å². The van der Waals surface area contributed by atoms with Crippen molar-refractivity contribution < 1.29 is 9.18 Å². The molecule has 0 radical (unpaired) electrons. The molecule has 32 heavy (non-hydrogen) atoms. The number of nitrogens with one attached hydrogen (secondary N) is 1. The van der Waals surface area contributed by atoms with Gasteiger partial charge in [-0.15, -0.1) is 22.7 Å². The molecule has 3 aromatic heterocycles. The fourth-order valence-electron chi connectivity index (χ4n) is 4.04. The summed E-state index contributed by atoms with van der Waals surface area (Å²) in [5.74, 6) is -0.0620. The molecule has 0 bridgehead atoms. The summed E-state index contributed by atoms with van der Waals surface area (Å²) < 4.78 is 15.6. The molecule has 1 aromatic carbocycles. The lowest BCUT2D eigenvalue weighted by Gasteiger charge is -2.34. The summed E-state index contributed by atoms with van der Waals surface area (Å²) in [6, 6.07) is 11.6. The minimum Gasteiger partial charge on any atom is -0.351 e. The summed E-state index contributed by atoms with van der Waals surface area (Å²) in [5, 5.41) is 6.87. The number of hydrogen-bond acceptors (Lipinski definition) is 6. The average molecular weight is 469 g/mol. The van der Waals surface area contributed by atoms with Crippen LogP contribution >= 0.6 is 22.7 Å². The minimum atomic E-state index is -0.367. The van der Waals surface area contributed by atoms with Crippen molar-refractivity contribution in [2.24, 2.45) is 5.92 Å². The molecule has 1 saturated heterocycles. The summed E-state index contributed by atoms with van der Waals surface area (Å²) in [5.41, 5.74) is 1.01. The highest BCUT2D eigenvalue weighted by molar-refractivity contribution is 7.17. The SMILES string of the molecule is O=C(NCc1cccs1)C1CCCN(c2nc3ccsc3c(=O)n2-c2ccc(F)cc2)C1. The van der Waals surface area contributed by atoms with E-state index in [1.807, 2.05) is 33.9 Å². The van der Waals surface area contributed by atoms with E-state index in [0.29, 0.717) is 41.5 Å². The van der Waals surface area contributed by atoms with Crippen molar-refractivity contribution in [1.82, 2.24) is 14.9 Å². The number of hydrogen-bond donors (Lipinski definition) is 1. The van der Waals surface area contributed by atoms with Gasteiger partial charge in [0.05, 0.1) is 23.7 Å². The number of benzene rings is 1. The van der Waals surface area contributed by atoms with Crippen molar-refractivity contribution in [2.75, 3.05) is 18.0 Å². The van der Waals surface area contributed by atoms with Gasteiger partial charge in [0, 0.05) is 18.0 Å². The zero-order chi connectivity index (χ0) is 22.1. The van der Waals surface area contributed by atoms with Crippen molar-refractivity contribution in [3.8, 4) is 5.69 Å². The number of carbonyl (C=O) groups excluding carboxylic acids is 1. The van der Waals surface area contributed by atoms with E-state index in [-0.39, 0.29) is 23.2 Å². The number of carbonyl (C=O) groups is 1. The van der Waals surface area contributed by atoms with Gasteiger partial charge in [-0.25, -0.2) is 13.9 Å². The Kier molecular flexibility index (Phi) is 5.75. The van der Waals surface area contributed by atoms with Gasteiger partial charge in [-0.05, 0) is 60.0 Å². The molecule has 0 aliphatic carbocycles. The van der Waals surface area contributed by atoms with Crippen molar-refractivity contribution in [3.63, 3.8) is 0 Å². The summed E-state index contributed by atoms with van der Waals surface area (Å²) in [6.45, 7) is 1.68. The fourth-order valence-corrected chi connectivity index (χ4v) is 5.44. The number of anilines is 1. The summed E-state index contributed by atoms with van der Waals surface area (Å²) in [7, 11) is 0. The molecule has 1 amide bonds. The molecular weight excluding hydrogens is 447 g/mol. The van der Waals surface area contributed by atoms with E-state index in [9.17, 15) is 14.0 Å². The van der Waals surface area contributed by atoms with E-state index in [4.69, 9.17) is 4.98 Å². The third-order valence-corrected chi connectivity index (χ3v) is 7.41. The van der Waals surface area contributed by atoms with Crippen molar-refractivity contribution in [2.45, 2.75) is 19.4 Å². The third kappa shape index (κ3) is 4.05. The van der Waals surface area contributed by atoms with Gasteiger partial charge in [-0.1, -0.05) is 6.07 Å². The van der Waals surface area contributed by atoms with Gasteiger partial charge in [-0.3, -0.25) is 9.59 Å². The number of amides is 1. The largest absolute Gasteiger partial charge is 0.351 e. The smallest absolute Gasteiger partial charge is 0.277 e. The van der Waals surface area contributed by atoms with Gasteiger partial charge in [0.1, 0.15) is 10.5 Å². The molecule has 0 spiro atoms. The lowest BCUT2D eigenvalue weighted by molar-refractivity contribution is -0.125. The van der Waals surface area contributed by atoms with Crippen LogP contribution in [-0.4, -0.2) is 28.5 Å². The fraction of sp³-hybridized carbons (Fsp3) is 0.261. The molecule has 5 rings (SSSR count). The molecule has 1 aliphatic rings. The van der Waals surface area contributed by atoms with Crippen LogP contribution in [0.25, 0.3) is 15.9 Å². The monoisotopic (exact) mass is 468 g/mol. The van der Waals surface area contributed by atoms with Crippen LogP contribution < -0.4 is 15.8 Å². The van der Waals surface area contributed by atoms with Gasteiger partial charge in [0.2, 0.25) is 11.9 Å². The normalized spacial score (nSPS) is 16.4. The predicted octanol–water partition coefficient (Wildman–Crippen LogP) is 4.18. The van der Waals surface area contributed by atoms with E-state index in [0.717, 1.165) is 17.7 Å². The number of fused-ring (bicyclic) bond motifs is 1. The zero-order valence-corrected chi connectivity index (χ0v) is 18.8. The lowest BCUT2D eigenvalue weighted by Crippen LogP contribution is -2.45. The van der Waals surface area contributed by atoms with Crippen molar-refractivity contribution in [1.29, 1.82) is 0 Å². The maximum atomic E-state index is 13.5. The van der Waals surface area contributed by atoms with Crippen LogP contribution in [0.5, 0.6) is 0 Å². The Labute approximate surface area is 192 Å². The highest BCUT2D eigenvalue weighted by Gasteiger charge is 2.29. The van der Waals surface area contributed by atoms with E-state index in [1.165, 1.54) is 28.0 Å². The zero-order valence-electron chi connectivity index (χ0n) is 17.2. The van der Waals surface area contributed by atoms with E-state index in [2.05, 4.69) is 5.32 Å². The number of thiophene rings is 2. The first kappa shape index (κ1) is 20.8. The van der Waals surface area contributed by atoms with Crippen LogP contribution in [0.3, 0.4) is 0 Å². The number of halogens is 1. The second-order valence-electron chi connectivity index (χ2n) is 7.75. The molecule has 4 heterocycles. The highest BCUT2D eigenvalue weighted by atomic mass is 32.1. The van der Waals surface area contributed by atoms with Crippen LogP contribution in [0.4, 0.5) is 10.3 Å². The summed E-state index contributed by atoms with van der Waals surface area (Å²) in [6.07, 6.45) is 1.60. The first-order valence-corrected chi connectivity index (χ1v) is 12.2. The van der Waals surface area contributed by atoms with Crippen LogP contribution in [0.15, 0.2) is 58.0 Å². The summed E-state index contributed by atoms with van der Waals surface area (Å²) >= 11 is 2.95. The van der Waals surface area contributed by atoms with Gasteiger partial charge in [-0.2, -0.15) is 0 Å². The van der Waals surface area contributed by atoms with Gasteiger partial charge in [0.15, 0.2) is 0 Å². The Bertz CT molecular complexity index is 1300. The Morgan fingerprint density at radius 2 is 2.00 bits per heavy atom. The highest BCUT2D eigenvalue weighted by Crippen LogP contribution is 2.26. The number of aromatic nitrogens is 2. The summed E-state index contributed by atoms with van der Waals surface area (Å²) in [4.78, 5) is 34.0.